The molecular weight excluding hydrogens is 282 g/mol. The summed E-state index contributed by atoms with van der Waals surface area (Å²) >= 11 is 0. The third-order valence-corrected chi connectivity index (χ3v) is 4.82. The van der Waals surface area contributed by atoms with E-state index in [0.29, 0.717) is 13.1 Å². The molecule has 1 aromatic heterocycles. The Morgan fingerprint density at radius 2 is 2.05 bits per heavy atom. The summed E-state index contributed by atoms with van der Waals surface area (Å²) in [6.45, 7) is 3.81. The van der Waals surface area contributed by atoms with Gasteiger partial charge in [-0.3, -0.25) is 0 Å². The van der Waals surface area contributed by atoms with E-state index in [9.17, 15) is 13.2 Å². The summed E-state index contributed by atoms with van der Waals surface area (Å²) in [6.07, 6.45) is 1.36. The van der Waals surface area contributed by atoms with Crippen LogP contribution in [0.25, 0.3) is 0 Å². The van der Waals surface area contributed by atoms with Crippen molar-refractivity contribution in [2.24, 2.45) is 7.05 Å². The summed E-state index contributed by atoms with van der Waals surface area (Å²) < 4.78 is 31.9. The van der Waals surface area contributed by atoms with Gasteiger partial charge in [-0.05, 0) is 6.07 Å². The minimum atomic E-state index is -3.62. The van der Waals surface area contributed by atoms with Crippen molar-refractivity contribution < 1.29 is 17.9 Å². The van der Waals surface area contributed by atoms with E-state index in [1.807, 2.05) is 0 Å². The highest BCUT2D eigenvalue weighted by Gasteiger charge is 2.25. The molecule has 0 aromatic carbocycles. The first-order valence-corrected chi connectivity index (χ1v) is 7.53. The minimum absolute atomic E-state index is 0.0348. The lowest BCUT2D eigenvalue weighted by Crippen LogP contribution is -2.30. The van der Waals surface area contributed by atoms with Gasteiger partial charge in [0.2, 0.25) is 10.0 Å². The fourth-order valence-corrected chi connectivity index (χ4v) is 3.29. The monoisotopic (exact) mass is 299 g/mol. The maximum atomic E-state index is 12.3. The van der Waals surface area contributed by atoms with Gasteiger partial charge in [0.15, 0.2) is 6.61 Å². The van der Waals surface area contributed by atoms with Gasteiger partial charge in [-0.25, -0.2) is 13.2 Å². The fourth-order valence-electron chi connectivity index (χ4n) is 1.76. The minimum Gasteiger partial charge on any atom is -0.446 e. The number of ether oxygens (including phenoxy) is 1. The second kappa shape index (κ2) is 6.54. The average molecular weight is 299 g/mol. The first-order valence-electron chi connectivity index (χ1n) is 6.09. The molecule has 7 nitrogen and oxygen atoms in total. The van der Waals surface area contributed by atoms with Crippen molar-refractivity contribution in [1.82, 2.24) is 8.87 Å². The van der Waals surface area contributed by atoms with Crippen molar-refractivity contribution >= 4 is 16.0 Å². The van der Waals surface area contributed by atoms with Crippen LogP contribution >= 0.6 is 0 Å². The molecule has 0 saturated carbocycles. The molecule has 110 valence electrons. The van der Waals surface area contributed by atoms with Crippen LogP contribution in [0.4, 0.5) is 0 Å². The highest BCUT2D eigenvalue weighted by molar-refractivity contribution is 7.89. The molecule has 0 aliphatic carbocycles. The van der Waals surface area contributed by atoms with E-state index in [1.54, 1.807) is 27.0 Å². The van der Waals surface area contributed by atoms with E-state index in [-0.39, 0.29) is 17.2 Å². The number of aryl methyl sites for hydroxylation is 1. The predicted octanol–water partition coefficient (Wildman–Crippen LogP) is 0.736. The SMILES string of the molecule is CCN(CC)S(=O)(=O)c1cc(C(=O)OCC#N)n(C)c1. The van der Waals surface area contributed by atoms with Gasteiger partial charge >= 0.3 is 5.97 Å². The van der Waals surface area contributed by atoms with Gasteiger partial charge in [0.1, 0.15) is 16.7 Å². The first-order chi connectivity index (χ1) is 9.38. The van der Waals surface area contributed by atoms with Gasteiger partial charge in [-0.15, -0.1) is 0 Å². The normalized spacial score (nSPS) is 11.3. The van der Waals surface area contributed by atoms with E-state index in [1.165, 1.54) is 21.1 Å². The van der Waals surface area contributed by atoms with Crippen LogP contribution in [-0.4, -0.2) is 43.0 Å². The summed E-state index contributed by atoms with van der Waals surface area (Å²) in [6, 6.07) is 2.94. The lowest BCUT2D eigenvalue weighted by molar-refractivity contribution is 0.0544. The number of hydrogen-bond acceptors (Lipinski definition) is 5. The standard InChI is InChI=1S/C12H17N3O4S/c1-4-15(5-2)20(17,18)10-8-11(14(3)9-10)12(16)19-7-6-13/h8-9H,4-5,7H2,1-3H3. The van der Waals surface area contributed by atoms with Crippen molar-refractivity contribution in [2.75, 3.05) is 19.7 Å². The maximum Gasteiger partial charge on any atom is 0.356 e. The van der Waals surface area contributed by atoms with Crippen LogP contribution in [0.5, 0.6) is 0 Å². The second-order valence-corrected chi connectivity index (χ2v) is 5.93. The maximum absolute atomic E-state index is 12.3. The van der Waals surface area contributed by atoms with Crippen LogP contribution in [0.1, 0.15) is 24.3 Å². The fraction of sp³-hybridized carbons (Fsp3) is 0.500. The molecule has 0 atom stereocenters. The van der Waals surface area contributed by atoms with Gasteiger partial charge in [0.25, 0.3) is 0 Å². The Morgan fingerprint density at radius 1 is 1.45 bits per heavy atom. The molecule has 0 unspecified atom stereocenters. The van der Waals surface area contributed by atoms with E-state index in [4.69, 9.17) is 5.26 Å². The van der Waals surface area contributed by atoms with Gasteiger partial charge < -0.3 is 9.30 Å². The van der Waals surface area contributed by atoms with E-state index < -0.39 is 16.0 Å². The third kappa shape index (κ3) is 3.18. The lowest BCUT2D eigenvalue weighted by atomic mass is 10.4. The van der Waals surface area contributed by atoms with Crippen LogP contribution in [0.3, 0.4) is 0 Å². The molecule has 0 bridgehead atoms. The molecule has 0 saturated heterocycles. The Labute approximate surface area is 118 Å². The van der Waals surface area contributed by atoms with Crippen LogP contribution in [0.15, 0.2) is 17.2 Å². The molecule has 8 heteroatoms. The third-order valence-electron chi connectivity index (χ3n) is 2.80. The zero-order valence-electron chi connectivity index (χ0n) is 11.7. The summed E-state index contributed by atoms with van der Waals surface area (Å²) in [4.78, 5) is 11.7. The predicted molar refractivity (Wildman–Crippen MR) is 71.4 cm³/mol. The number of nitrogens with zero attached hydrogens (tertiary/aromatic N) is 3. The number of esters is 1. The second-order valence-electron chi connectivity index (χ2n) is 4.00. The van der Waals surface area contributed by atoms with Crippen molar-refractivity contribution in [1.29, 1.82) is 5.26 Å². The zero-order valence-corrected chi connectivity index (χ0v) is 12.5. The number of rotatable bonds is 6. The highest BCUT2D eigenvalue weighted by Crippen LogP contribution is 2.18. The molecule has 1 aromatic rings. The Hall–Kier alpha value is -1.85. The molecule has 0 amide bonds. The smallest absolute Gasteiger partial charge is 0.356 e. The van der Waals surface area contributed by atoms with Gasteiger partial charge in [0, 0.05) is 26.3 Å². The summed E-state index contributed by atoms with van der Waals surface area (Å²) in [7, 11) is -2.07. The number of carbonyl (C=O) groups excluding carboxylic acids is 1. The van der Waals surface area contributed by atoms with Crippen molar-refractivity contribution in [3.8, 4) is 6.07 Å². The quantitative estimate of drug-likeness (QED) is 0.722. The largest absolute Gasteiger partial charge is 0.446 e. The Morgan fingerprint density at radius 3 is 2.55 bits per heavy atom. The Bertz CT molecular complexity index is 624. The average Bonchev–Trinajstić information content (AvgIpc) is 2.80. The highest BCUT2D eigenvalue weighted by atomic mass is 32.2. The molecular formula is C12H17N3O4S. The molecule has 0 spiro atoms. The van der Waals surface area contributed by atoms with Crippen LogP contribution in [0, 0.1) is 11.3 Å². The molecule has 0 radical (unpaired) electrons. The van der Waals surface area contributed by atoms with Crippen molar-refractivity contribution in [2.45, 2.75) is 18.7 Å². The number of carbonyl (C=O) groups is 1. The molecule has 0 N–H and O–H groups in total. The summed E-state index contributed by atoms with van der Waals surface area (Å²) in [5.41, 5.74) is 0.0889. The topological polar surface area (TPSA) is 92.4 Å². The van der Waals surface area contributed by atoms with Crippen LogP contribution in [-0.2, 0) is 21.8 Å². The number of nitriles is 1. The molecule has 20 heavy (non-hydrogen) atoms. The number of hydrogen-bond donors (Lipinski definition) is 0. The number of aromatic nitrogens is 1. The van der Waals surface area contributed by atoms with Gasteiger partial charge in [-0.1, -0.05) is 13.8 Å². The molecule has 1 rings (SSSR count). The van der Waals surface area contributed by atoms with Gasteiger partial charge in [0.05, 0.1) is 0 Å². The van der Waals surface area contributed by atoms with E-state index in [2.05, 4.69) is 4.74 Å². The molecule has 1 heterocycles. The molecule has 0 fully saturated rings. The van der Waals surface area contributed by atoms with E-state index in [0.717, 1.165) is 0 Å². The summed E-state index contributed by atoms with van der Waals surface area (Å²) in [5, 5.41) is 8.37. The molecule has 0 aliphatic rings. The van der Waals surface area contributed by atoms with E-state index >= 15 is 0 Å². The summed E-state index contributed by atoms with van der Waals surface area (Å²) in [5.74, 6) is -0.727. The lowest BCUT2D eigenvalue weighted by Gasteiger charge is -2.17. The Kier molecular flexibility index (Phi) is 5.30. The first kappa shape index (κ1) is 16.2. The van der Waals surface area contributed by atoms with Crippen molar-refractivity contribution in [3.05, 3.63) is 18.0 Å². The van der Waals surface area contributed by atoms with Crippen molar-refractivity contribution in [3.63, 3.8) is 0 Å². The van der Waals surface area contributed by atoms with Crippen LogP contribution in [0.2, 0.25) is 0 Å². The molecule has 0 aliphatic heterocycles. The van der Waals surface area contributed by atoms with Gasteiger partial charge in [-0.2, -0.15) is 9.57 Å². The zero-order chi connectivity index (χ0) is 15.3. The van der Waals surface area contributed by atoms with Crippen LogP contribution < -0.4 is 0 Å². The number of sulfonamides is 1. The Balaban J connectivity index is 3.13.